The van der Waals surface area contributed by atoms with E-state index < -0.39 is 17.3 Å². The number of anilines is 2. The molecule has 5 N–H and O–H groups in total. The molecule has 14 nitrogen and oxygen atoms in total. The summed E-state index contributed by atoms with van der Waals surface area (Å²) >= 11 is 0. The van der Waals surface area contributed by atoms with Crippen LogP contribution in [0.3, 0.4) is 0 Å². The molecular weight excluding hydrogens is 600 g/mol. The van der Waals surface area contributed by atoms with Gasteiger partial charge in [-0.05, 0) is 78.9 Å². The van der Waals surface area contributed by atoms with E-state index in [1.165, 1.54) is 0 Å². The van der Waals surface area contributed by atoms with E-state index in [9.17, 15) is 9.59 Å². The Kier molecular flexibility index (Phi) is 10.1. The van der Waals surface area contributed by atoms with E-state index in [4.69, 9.17) is 14.5 Å². The second-order valence-corrected chi connectivity index (χ2v) is 13.6. The van der Waals surface area contributed by atoms with Crippen LogP contribution < -0.4 is 21.3 Å². The van der Waals surface area contributed by atoms with Crippen molar-refractivity contribution in [2.75, 3.05) is 17.2 Å². The number of amides is 2. The van der Waals surface area contributed by atoms with Gasteiger partial charge in [-0.15, -0.1) is 0 Å². The number of aromatic nitrogens is 6. The topological polar surface area (TPSA) is 181 Å². The Hall–Kier alpha value is -5.01. The molecule has 1 aliphatic carbocycles. The molecule has 1 aromatic carbocycles. The quantitative estimate of drug-likeness (QED) is 0.150. The average molecular weight is 645 g/mol. The maximum absolute atomic E-state index is 12.4. The van der Waals surface area contributed by atoms with E-state index >= 15 is 0 Å². The SMILES string of the molecule is CC(C)(C)OC(=O)NCC(Nc1nccc(-c2[nH]nc3nc(NC4CCC(NC(=O)OC(C)(C)C)CC4)ncc23)n1)c1ccccc1. The normalized spacial score (nSPS) is 17.4. The first-order valence-electron chi connectivity index (χ1n) is 15.9. The van der Waals surface area contributed by atoms with Crippen molar-refractivity contribution in [3.05, 3.63) is 54.4 Å². The van der Waals surface area contributed by atoms with Gasteiger partial charge in [0.15, 0.2) is 5.65 Å². The number of aromatic amines is 1. The molecule has 250 valence electrons. The van der Waals surface area contributed by atoms with Crippen LogP contribution in [-0.4, -0.2) is 72.2 Å². The van der Waals surface area contributed by atoms with Gasteiger partial charge in [-0.3, -0.25) is 5.10 Å². The first kappa shape index (κ1) is 33.4. The summed E-state index contributed by atoms with van der Waals surface area (Å²) in [7, 11) is 0. The molecule has 1 unspecified atom stereocenters. The number of ether oxygens (including phenoxy) is 2. The summed E-state index contributed by atoms with van der Waals surface area (Å²) in [5.74, 6) is 0.869. The summed E-state index contributed by atoms with van der Waals surface area (Å²) in [6.45, 7) is 11.3. The number of hydrogen-bond donors (Lipinski definition) is 5. The van der Waals surface area contributed by atoms with E-state index in [1.54, 1.807) is 18.5 Å². The zero-order valence-corrected chi connectivity index (χ0v) is 27.8. The maximum Gasteiger partial charge on any atom is 0.407 e. The fraction of sp³-hybridized carbons (Fsp3) is 0.485. The van der Waals surface area contributed by atoms with Crippen LogP contribution in [0.1, 0.15) is 78.8 Å². The average Bonchev–Trinajstić information content (AvgIpc) is 3.42. The minimum Gasteiger partial charge on any atom is -0.444 e. The van der Waals surface area contributed by atoms with Crippen molar-refractivity contribution < 1.29 is 19.1 Å². The van der Waals surface area contributed by atoms with Crippen LogP contribution in [0.5, 0.6) is 0 Å². The molecule has 1 aliphatic rings. The lowest BCUT2D eigenvalue weighted by atomic mass is 9.91. The van der Waals surface area contributed by atoms with E-state index in [1.807, 2.05) is 71.9 Å². The Labute approximate surface area is 274 Å². The fourth-order valence-electron chi connectivity index (χ4n) is 5.27. The van der Waals surface area contributed by atoms with Crippen molar-refractivity contribution in [3.8, 4) is 11.4 Å². The third-order valence-electron chi connectivity index (χ3n) is 7.36. The maximum atomic E-state index is 12.4. The van der Waals surface area contributed by atoms with E-state index in [2.05, 4.69) is 46.4 Å². The molecule has 2 amide bonds. The molecule has 3 heterocycles. The van der Waals surface area contributed by atoms with Crippen LogP contribution in [0.4, 0.5) is 21.5 Å². The van der Waals surface area contributed by atoms with Gasteiger partial charge in [0.1, 0.15) is 11.2 Å². The van der Waals surface area contributed by atoms with Crippen molar-refractivity contribution in [3.63, 3.8) is 0 Å². The second kappa shape index (κ2) is 14.2. The van der Waals surface area contributed by atoms with Gasteiger partial charge >= 0.3 is 12.2 Å². The van der Waals surface area contributed by atoms with Gasteiger partial charge in [0, 0.05) is 31.0 Å². The van der Waals surface area contributed by atoms with Gasteiger partial charge in [0.05, 0.1) is 22.8 Å². The summed E-state index contributed by atoms with van der Waals surface area (Å²) in [6, 6.07) is 11.5. The van der Waals surface area contributed by atoms with E-state index in [0.717, 1.165) is 36.6 Å². The van der Waals surface area contributed by atoms with Crippen LogP contribution in [0, 0.1) is 0 Å². The molecular formula is C33H44N10O4. The van der Waals surface area contributed by atoms with Crippen molar-refractivity contribution in [1.29, 1.82) is 0 Å². The monoisotopic (exact) mass is 644 g/mol. The Morgan fingerprint density at radius 2 is 1.55 bits per heavy atom. The standard InChI is InChI=1S/C33H44N10O4/c1-32(2,3)46-30(44)36-19-25(20-10-8-7-9-11-20)40-28-34-17-16-24(39-28)26-23-18-35-29(41-27(23)43-42-26)37-21-12-14-22(15-13-21)38-31(45)47-33(4,5)6/h7-11,16-18,21-22,25H,12-15,19H2,1-6H3,(H,36,44)(H,38,45)(H,34,39,40)(H2,35,37,41,42,43). The van der Waals surface area contributed by atoms with E-state index in [-0.39, 0.29) is 30.8 Å². The highest BCUT2D eigenvalue weighted by Crippen LogP contribution is 2.27. The molecule has 5 rings (SSSR count). The number of alkyl carbamates (subject to hydrolysis) is 2. The molecule has 4 aromatic rings. The van der Waals surface area contributed by atoms with Crippen molar-refractivity contribution >= 4 is 35.1 Å². The third-order valence-corrected chi connectivity index (χ3v) is 7.36. The van der Waals surface area contributed by atoms with Gasteiger partial charge in [-0.1, -0.05) is 30.3 Å². The number of carbonyl (C=O) groups is 2. The molecule has 14 heteroatoms. The number of rotatable bonds is 9. The number of H-pyrrole nitrogens is 1. The number of nitrogens with zero attached hydrogens (tertiary/aromatic N) is 5. The van der Waals surface area contributed by atoms with Gasteiger partial charge in [-0.2, -0.15) is 10.1 Å². The Balaban J connectivity index is 1.22. The molecule has 0 spiro atoms. The van der Waals surface area contributed by atoms with Gasteiger partial charge in [0.2, 0.25) is 11.9 Å². The summed E-state index contributed by atoms with van der Waals surface area (Å²) in [4.78, 5) is 42.8. The number of benzene rings is 1. The zero-order valence-electron chi connectivity index (χ0n) is 27.8. The molecule has 47 heavy (non-hydrogen) atoms. The number of carbonyl (C=O) groups excluding carboxylic acids is 2. The molecule has 1 saturated carbocycles. The van der Waals surface area contributed by atoms with Crippen LogP contribution in [0.25, 0.3) is 22.4 Å². The highest BCUT2D eigenvalue weighted by molar-refractivity contribution is 5.89. The predicted molar refractivity (Wildman–Crippen MR) is 179 cm³/mol. The predicted octanol–water partition coefficient (Wildman–Crippen LogP) is 5.74. The summed E-state index contributed by atoms with van der Waals surface area (Å²) < 4.78 is 10.8. The molecule has 0 aliphatic heterocycles. The highest BCUT2D eigenvalue weighted by atomic mass is 16.6. The van der Waals surface area contributed by atoms with Crippen molar-refractivity contribution in [1.82, 2.24) is 40.8 Å². The molecule has 0 saturated heterocycles. The van der Waals surface area contributed by atoms with Gasteiger partial charge in [-0.25, -0.2) is 24.5 Å². The minimum atomic E-state index is -0.605. The first-order chi connectivity index (χ1) is 22.3. The highest BCUT2D eigenvalue weighted by Gasteiger charge is 2.26. The molecule has 0 radical (unpaired) electrons. The molecule has 1 fully saturated rings. The lowest BCUT2D eigenvalue weighted by Gasteiger charge is -2.30. The lowest BCUT2D eigenvalue weighted by Crippen LogP contribution is -2.42. The molecule has 3 aromatic heterocycles. The smallest absolute Gasteiger partial charge is 0.407 e. The van der Waals surface area contributed by atoms with Crippen molar-refractivity contribution in [2.24, 2.45) is 0 Å². The zero-order chi connectivity index (χ0) is 33.6. The Morgan fingerprint density at radius 1 is 0.872 bits per heavy atom. The van der Waals surface area contributed by atoms with Crippen LogP contribution >= 0.6 is 0 Å². The molecule has 0 bridgehead atoms. The number of nitrogens with one attached hydrogen (secondary N) is 5. The van der Waals surface area contributed by atoms with E-state index in [0.29, 0.717) is 28.9 Å². The Morgan fingerprint density at radius 3 is 2.26 bits per heavy atom. The number of hydrogen-bond acceptors (Lipinski definition) is 11. The first-order valence-corrected chi connectivity index (χ1v) is 15.9. The number of fused-ring (bicyclic) bond motifs is 1. The summed E-state index contributed by atoms with van der Waals surface area (Å²) in [6.07, 6.45) is 5.89. The second-order valence-electron chi connectivity index (χ2n) is 13.6. The van der Waals surface area contributed by atoms with Crippen molar-refractivity contribution in [2.45, 2.75) is 96.6 Å². The fourth-order valence-corrected chi connectivity index (χ4v) is 5.27. The molecule has 1 atom stereocenters. The summed E-state index contributed by atoms with van der Waals surface area (Å²) in [5, 5.41) is 20.8. The third kappa shape index (κ3) is 9.74. The van der Waals surface area contributed by atoms with Crippen LogP contribution in [0.2, 0.25) is 0 Å². The minimum absolute atomic E-state index is 0.0802. The van der Waals surface area contributed by atoms with Crippen LogP contribution in [0.15, 0.2) is 48.8 Å². The summed E-state index contributed by atoms with van der Waals surface area (Å²) in [5.41, 5.74) is 1.60. The lowest BCUT2D eigenvalue weighted by molar-refractivity contribution is 0.0488. The van der Waals surface area contributed by atoms with Gasteiger partial charge < -0.3 is 30.7 Å². The largest absolute Gasteiger partial charge is 0.444 e. The van der Waals surface area contributed by atoms with Crippen LogP contribution in [-0.2, 0) is 9.47 Å². The van der Waals surface area contributed by atoms with Gasteiger partial charge in [0.25, 0.3) is 0 Å². The Bertz CT molecular complexity index is 1660.